The molecule has 1 aromatic rings. The van der Waals surface area contributed by atoms with Gasteiger partial charge in [-0.15, -0.1) is 0 Å². The molecular weight excluding hydrogens is 273 g/mol. The highest BCUT2D eigenvalue weighted by Gasteiger charge is 2.23. The second-order valence-corrected chi connectivity index (χ2v) is 5.07. The normalized spacial score (nSPS) is 22.3. The zero-order valence-electron chi connectivity index (χ0n) is 8.96. The number of ether oxygens (including phenoxy) is 1. The number of nitrogens with two attached hydrogens (primary N) is 1. The molecule has 88 valence electrons. The van der Waals surface area contributed by atoms with E-state index in [0.717, 1.165) is 23.9 Å². The van der Waals surface area contributed by atoms with Crippen LogP contribution in [0.1, 0.15) is 18.4 Å². The first kappa shape index (κ1) is 12.0. The second kappa shape index (κ2) is 5.25. The van der Waals surface area contributed by atoms with Crippen LogP contribution in [0, 0.1) is 5.82 Å². The molecular formula is C12H15BrFNO. The van der Waals surface area contributed by atoms with Crippen LogP contribution in [0.2, 0.25) is 0 Å². The summed E-state index contributed by atoms with van der Waals surface area (Å²) in [5.41, 5.74) is 6.67. The summed E-state index contributed by atoms with van der Waals surface area (Å²) in [6.07, 6.45) is 2.66. The van der Waals surface area contributed by atoms with Gasteiger partial charge in [-0.25, -0.2) is 4.39 Å². The number of hydrogen-bond donors (Lipinski definition) is 1. The van der Waals surface area contributed by atoms with Crippen molar-refractivity contribution in [3.05, 3.63) is 34.1 Å². The van der Waals surface area contributed by atoms with Crippen LogP contribution >= 0.6 is 15.9 Å². The van der Waals surface area contributed by atoms with Crippen LogP contribution < -0.4 is 5.73 Å². The summed E-state index contributed by atoms with van der Waals surface area (Å²) in [5.74, 6) is -0.206. The first-order valence-corrected chi connectivity index (χ1v) is 6.27. The Hall–Kier alpha value is -0.450. The van der Waals surface area contributed by atoms with Gasteiger partial charge < -0.3 is 10.5 Å². The van der Waals surface area contributed by atoms with E-state index in [1.165, 1.54) is 6.07 Å². The minimum atomic E-state index is -0.206. The van der Waals surface area contributed by atoms with Gasteiger partial charge in [0.1, 0.15) is 5.82 Å². The largest absolute Gasteiger partial charge is 0.377 e. The number of rotatable bonds is 3. The Balaban J connectivity index is 2.02. The zero-order valence-corrected chi connectivity index (χ0v) is 10.5. The molecule has 4 heteroatoms. The lowest BCUT2D eigenvalue weighted by atomic mass is 10.00. The van der Waals surface area contributed by atoms with Crippen molar-refractivity contribution in [1.29, 1.82) is 0 Å². The average Bonchev–Trinajstić information content (AvgIpc) is 2.75. The van der Waals surface area contributed by atoms with E-state index in [9.17, 15) is 4.39 Å². The molecule has 1 heterocycles. The molecule has 2 N–H and O–H groups in total. The molecule has 0 amide bonds. The van der Waals surface area contributed by atoms with E-state index < -0.39 is 0 Å². The van der Waals surface area contributed by atoms with E-state index in [0.29, 0.717) is 12.0 Å². The zero-order chi connectivity index (χ0) is 11.5. The quantitative estimate of drug-likeness (QED) is 0.928. The lowest BCUT2D eigenvalue weighted by molar-refractivity contribution is 0.0898. The Kier molecular flexibility index (Phi) is 3.95. The van der Waals surface area contributed by atoms with Crippen molar-refractivity contribution in [2.75, 3.05) is 6.61 Å². The lowest BCUT2D eigenvalue weighted by Gasteiger charge is -2.18. The van der Waals surface area contributed by atoms with Crippen molar-refractivity contribution in [1.82, 2.24) is 0 Å². The fourth-order valence-electron chi connectivity index (χ4n) is 2.01. The van der Waals surface area contributed by atoms with Gasteiger partial charge in [-0.1, -0.05) is 22.0 Å². The van der Waals surface area contributed by atoms with Gasteiger partial charge in [-0.2, -0.15) is 0 Å². The molecule has 0 aliphatic carbocycles. The van der Waals surface area contributed by atoms with Crippen LogP contribution in [0.3, 0.4) is 0 Å². The minimum Gasteiger partial charge on any atom is -0.377 e. The molecule has 0 bridgehead atoms. The van der Waals surface area contributed by atoms with Crippen LogP contribution in [0.4, 0.5) is 4.39 Å². The molecule has 2 rings (SSSR count). The Bertz CT molecular complexity index is 366. The van der Waals surface area contributed by atoms with Crippen molar-refractivity contribution in [2.45, 2.75) is 31.4 Å². The number of benzene rings is 1. The van der Waals surface area contributed by atoms with Crippen molar-refractivity contribution < 1.29 is 9.13 Å². The molecule has 2 unspecified atom stereocenters. The Morgan fingerprint density at radius 2 is 2.38 bits per heavy atom. The lowest BCUT2D eigenvalue weighted by Crippen LogP contribution is -2.36. The highest BCUT2D eigenvalue weighted by Crippen LogP contribution is 2.20. The van der Waals surface area contributed by atoms with Crippen LogP contribution in [0.5, 0.6) is 0 Å². The number of hydrogen-bond acceptors (Lipinski definition) is 2. The molecule has 16 heavy (non-hydrogen) atoms. The molecule has 2 atom stereocenters. The molecule has 1 fully saturated rings. The predicted molar refractivity (Wildman–Crippen MR) is 64.8 cm³/mol. The topological polar surface area (TPSA) is 35.2 Å². The fraction of sp³-hybridized carbons (Fsp3) is 0.500. The second-order valence-electron chi connectivity index (χ2n) is 4.16. The van der Waals surface area contributed by atoms with Crippen LogP contribution in [0.15, 0.2) is 22.7 Å². The summed E-state index contributed by atoms with van der Waals surface area (Å²) < 4.78 is 19.8. The van der Waals surface area contributed by atoms with E-state index in [1.807, 2.05) is 6.07 Å². The van der Waals surface area contributed by atoms with Gasteiger partial charge in [0.2, 0.25) is 0 Å². The van der Waals surface area contributed by atoms with E-state index >= 15 is 0 Å². The van der Waals surface area contributed by atoms with Gasteiger partial charge in [0.25, 0.3) is 0 Å². The molecule has 0 saturated carbocycles. The van der Waals surface area contributed by atoms with Crippen molar-refractivity contribution in [3.63, 3.8) is 0 Å². The van der Waals surface area contributed by atoms with Crippen LogP contribution in [0.25, 0.3) is 0 Å². The van der Waals surface area contributed by atoms with Gasteiger partial charge in [0.05, 0.1) is 6.10 Å². The molecule has 1 saturated heterocycles. The third-order valence-corrected chi connectivity index (χ3v) is 3.41. The molecule has 0 radical (unpaired) electrons. The minimum absolute atomic E-state index is 0.0862. The summed E-state index contributed by atoms with van der Waals surface area (Å²) in [5, 5.41) is 0. The molecule has 1 aromatic carbocycles. The first-order chi connectivity index (χ1) is 7.66. The van der Waals surface area contributed by atoms with Gasteiger partial charge >= 0.3 is 0 Å². The Labute approximate surface area is 103 Å². The number of halogens is 2. The van der Waals surface area contributed by atoms with Crippen LogP contribution in [-0.2, 0) is 11.2 Å². The van der Waals surface area contributed by atoms with Gasteiger partial charge in [0, 0.05) is 17.1 Å². The average molecular weight is 288 g/mol. The standard InChI is InChI=1S/C12H15BrFNO/c13-9-4-3-8(10(14)7-9)6-11(15)12-2-1-5-16-12/h3-4,7,11-12H,1-2,5-6,15H2. The monoisotopic (exact) mass is 287 g/mol. The van der Waals surface area contributed by atoms with Gasteiger partial charge in [0.15, 0.2) is 0 Å². The summed E-state index contributed by atoms with van der Waals surface area (Å²) in [7, 11) is 0. The van der Waals surface area contributed by atoms with Crippen LogP contribution in [-0.4, -0.2) is 18.8 Å². The predicted octanol–water partition coefficient (Wildman–Crippen LogP) is 2.64. The summed E-state index contributed by atoms with van der Waals surface area (Å²) >= 11 is 3.23. The maximum absolute atomic E-state index is 13.6. The van der Waals surface area contributed by atoms with Crippen molar-refractivity contribution in [2.24, 2.45) is 5.73 Å². The van der Waals surface area contributed by atoms with E-state index in [2.05, 4.69) is 15.9 Å². The molecule has 0 aromatic heterocycles. The third kappa shape index (κ3) is 2.81. The summed E-state index contributed by atoms with van der Waals surface area (Å²) in [4.78, 5) is 0. The molecule has 0 spiro atoms. The molecule has 1 aliphatic rings. The maximum Gasteiger partial charge on any atom is 0.127 e. The van der Waals surface area contributed by atoms with E-state index in [4.69, 9.17) is 10.5 Å². The highest BCUT2D eigenvalue weighted by molar-refractivity contribution is 9.10. The fourth-order valence-corrected chi connectivity index (χ4v) is 2.35. The third-order valence-electron chi connectivity index (χ3n) is 2.91. The molecule has 2 nitrogen and oxygen atoms in total. The Morgan fingerprint density at radius 1 is 1.56 bits per heavy atom. The van der Waals surface area contributed by atoms with Crippen molar-refractivity contribution in [3.8, 4) is 0 Å². The smallest absolute Gasteiger partial charge is 0.127 e. The summed E-state index contributed by atoms with van der Waals surface area (Å²) in [6.45, 7) is 0.779. The van der Waals surface area contributed by atoms with Crippen molar-refractivity contribution >= 4 is 15.9 Å². The SMILES string of the molecule is NC(Cc1ccc(Br)cc1F)C1CCCO1. The highest BCUT2D eigenvalue weighted by atomic mass is 79.9. The first-order valence-electron chi connectivity index (χ1n) is 5.48. The van der Waals surface area contributed by atoms with E-state index in [-0.39, 0.29) is 18.0 Å². The summed E-state index contributed by atoms with van der Waals surface area (Å²) in [6, 6.07) is 4.96. The van der Waals surface area contributed by atoms with Gasteiger partial charge in [-0.3, -0.25) is 0 Å². The van der Waals surface area contributed by atoms with E-state index in [1.54, 1.807) is 6.07 Å². The Morgan fingerprint density at radius 3 is 3.00 bits per heavy atom. The molecule has 1 aliphatic heterocycles. The van der Waals surface area contributed by atoms with Gasteiger partial charge in [-0.05, 0) is 37.0 Å². The maximum atomic E-state index is 13.6.